The summed E-state index contributed by atoms with van der Waals surface area (Å²) in [4.78, 5) is 24.5. The Morgan fingerprint density at radius 1 is 1.08 bits per heavy atom. The second-order valence-corrected chi connectivity index (χ2v) is 8.72. The molecule has 39 heavy (non-hydrogen) atoms. The molecule has 0 bridgehead atoms. The van der Waals surface area contributed by atoms with Crippen LogP contribution in [0.2, 0.25) is 0 Å². The number of hydrogen-bond donors (Lipinski definition) is 2. The molecule has 0 amide bonds. The molecule has 3 heterocycles. The van der Waals surface area contributed by atoms with Crippen LogP contribution in [0.25, 0.3) is 0 Å². The van der Waals surface area contributed by atoms with Gasteiger partial charge in [-0.1, -0.05) is 6.07 Å². The largest absolute Gasteiger partial charge is 0.490 e. The molecule has 2 N–H and O–H groups in total. The van der Waals surface area contributed by atoms with E-state index in [1.807, 2.05) is 30.2 Å². The van der Waals surface area contributed by atoms with E-state index in [2.05, 4.69) is 27.2 Å². The molecule has 0 spiro atoms. The SMILES string of the molecule is Cn1cc(CN2CCOC3C(COCc4cccnc4)CCC32)cn1.O=C(O)C(F)(F)F.O=C(O)C(F)(F)F. The number of carbonyl (C=O) groups is 2. The summed E-state index contributed by atoms with van der Waals surface area (Å²) in [6.45, 7) is 4.15. The van der Waals surface area contributed by atoms with Crippen molar-refractivity contribution in [2.24, 2.45) is 13.0 Å². The fourth-order valence-electron chi connectivity index (χ4n) is 4.11. The number of morpholine rings is 1. The summed E-state index contributed by atoms with van der Waals surface area (Å²) in [5, 5.41) is 18.5. The number of carboxylic acids is 2. The third-order valence-corrected chi connectivity index (χ3v) is 5.79. The second-order valence-electron chi connectivity index (χ2n) is 8.72. The topological polar surface area (TPSA) is 127 Å². The van der Waals surface area contributed by atoms with E-state index in [9.17, 15) is 26.3 Å². The molecule has 16 heteroatoms. The van der Waals surface area contributed by atoms with Gasteiger partial charge in [0.25, 0.3) is 0 Å². The van der Waals surface area contributed by atoms with Gasteiger partial charge in [0, 0.05) is 56.3 Å². The van der Waals surface area contributed by atoms with Crippen molar-refractivity contribution < 1.29 is 55.6 Å². The average Bonchev–Trinajstić information content (AvgIpc) is 3.46. The summed E-state index contributed by atoms with van der Waals surface area (Å²) in [7, 11) is 1.97. The standard InChI is InChI=1S/C19H26N4O2.2C2HF3O2/c1-22-11-16(10-21-22)12-23-7-8-25-19-17(4-5-18(19)23)14-24-13-15-3-2-6-20-9-15;2*3-2(4,5)1(6)7/h2-3,6,9-11,17-19H,4-5,7-8,12-14H2,1H3;2*(H,6,7). The van der Waals surface area contributed by atoms with Crippen LogP contribution in [-0.2, 0) is 39.3 Å². The number of alkyl halides is 6. The van der Waals surface area contributed by atoms with Crippen molar-refractivity contribution in [3.05, 3.63) is 48.0 Å². The van der Waals surface area contributed by atoms with Gasteiger partial charge < -0.3 is 19.7 Å². The highest BCUT2D eigenvalue weighted by molar-refractivity contribution is 5.73. The minimum absolute atomic E-state index is 0.291. The van der Waals surface area contributed by atoms with Gasteiger partial charge >= 0.3 is 24.3 Å². The molecule has 1 aliphatic carbocycles. The van der Waals surface area contributed by atoms with Crippen LogP contribution in [-0.4, -0.2) is 86.1 Å². The first kappa shape index (κ1) is 32.0. The number of ether oxygens (including phenoxy) is 2. The Morgan fingerprint density at radius 3 is 2.23 bits per heavy atom. The monoisotopic (exact) mass is 570 g/mol. The number of fused-ring (bicyclic) bond motifs is 1. The third-order valence-electron chi connectivity index (χ3n) is 5.79. The van der Waals surface area contributed by atoms with Gasteiger partial charge in [-0.05, 0) is 24.5 Å². The first-order chi connectivity index (χ1) is 18.2. The van der Waals surface area contributed by atoms with Crippen molar-refractivity contribution in [2.75, 3.05) is 19.8 Å². The van der Waals surface area contributed by atoms with E-state index in [1.54, 1.807) is 6.20 Å². The molecular weight excluding hydrogens is 542 g/mol. The lowest BCUT2D eigenvalue weighted by Crippen LogP contribution is -2.50. The highest BCUT2D eigenvalue weighted by Gasteiger charge is 2.42. The molecule has 2 aliphatic rings. The van der Waals surface area contributed by atoms with Crippen LogP contribution < -0.4 is 0 Å². The van der Waals surface area contributed by atoms with Gasteiger partial charge in [0.15, 0.2) is 0 Å². The minimum Gasteiger partial charge on any atom is -0.475 e. The molecular formula is C23H28F6N4O6. The van der Waals surface area contributed by atoms with Crippen molar-refractivity contribution in [1.29, 1.82) is 0 Å². The van der Waals surface area contributed by atoms with Gasteiger partial charge in [-0.25, -0.2) is 9.59 Å². The fraction of sp³-hybridized carbons (Fsp3) is 0.565. The first-order valence-corrected chi connectivity index (χ1v) is 11.6. The second kappa shape index (κ2) is 14.2. The van der Waals surface area contributed by atoms with Crippen LogP contribution >= 0.6 is 0 Å². The number of hydrogen-bond acceptors (Lipinski definition) is 7. The number of pyridine rings is 1. The lowest BCUT2D eigenvalue weighted by molar-refractivity contribution is -0.193. The zero-order chi connectivity index (χ0) is 29.2. The van der Waals surface area contributed by atoms with E-state index in [4.69, 9.17) is 29.3 Å². The van der Waals surface area contributed by atoms with Crippen LogP contribution in [0.5, 0.6) is 0 Å². The quantitative estimate of drug-likeness (QED) is 0.503. The lowest BCUT2D eigenvalue weighted by Gasteiger charge is -2.39. The number of carboxylic acid groups (broad SMARTS) is 2. The van der Waals surface area contributed by atoms with E-state index in [1.165, 1.54) is 18.4 Å². The summed E-state index contributed by atoms with van der Waals surface area (Å²) >= 11 is 0. The van der Waals surface area contributed by atoms with Crippen molar-refractivity contribution in [1.82, 2.24) is 19.7 Å². The van der Waals surface area contributed by atoms with Crippen molar-refractivity contribution >= 4 is 11.9 Å². The maximum Gasteiger partial charge on any atom is 0.490 e. The number of halogens is 6. The molecule has 1 saturated carbocycles. The molecule has 10 nitrogen and oxygen atoms in total. The molecule has 1 aliphatic heterocycles. The van der Waals surface area contributed by atoms with Crippen molar-refractivity contribution in [3.8, 4) is 0 Å². The van der Waals surface area contributed by atoms with Gasteiger partial charge in [0.2, 0.25) is 0 Å². The molecule has 2 aromatic rings. The number of aryl methyl sites for hydroxylation is 1. The molecule has 3 unspecified atom stereocenters. The zero-order valence-electron chi connectivity index (χ0n) is 20.7. The van der Waals surface area contributed by atoms with Gasteiger partial charge in [-0.3, -0.25) is 14.6 Å². The van der Waals surface area contributed by atoms with E-state index in [-0.39, 0.29) is 0 Å². The number of aromatic nitrogens is 3. The van der Waals surface area contributed by atoms with Crippen molar-refractivity contribution in [2.45, 2.75) is 50.5 Å². The Balaban J connectivity index is 0.000000317. The van der Waals surface area contributed by atoms with Gasteiger partial charge in [0.05, 0.1) is 32.1 Å². The predicted molar refractivity (Wildman–Crippen MR) is 121 cm³/mol. The van der Waals surface area contributed by atoms with Crippen LogP contribution in [0.3, 0.4) is 0 Å². The van der Waals surface area contributed by atoms with E-state index in [0.717, 1.165) is 31.9 Å². The molecule has 0 radical (unpaired) electrons. The summed E-state index contributed by atoms with van der Waals surface area (Å²) in [5.74, 6) is -5.03. The normalized spacial score (nSPS) is 21.2. The fourth-order valence-corrected chi connectivity index (χ4v) is 4.11. The van der Waals surface area contributed by atoms with Gasteiger partial charge in [-0.2, -0.15) is 31.4 Å². The van der Waals surface area contributed by atoms with Crippen LogP contribution in [0.1, 0.15) is 24.0 Å². The highest BCUT2D eigenvalue weighted by atomic mass is 19.4. The average molecular weight is 570 g/mol. The Kier molecular flexibility index (Phi) is 11.7. The number of nitrogens with zero attached hydrogens (tertiary/aromatic N) is 4. The molecule has 3 atom stereocenters. The first-order valence-electron chi connectivity index (χ1n) is 11.6. The maximum atomic E-state index is 10.6. The van der Waals surface area contributed by atoms with Gasteiger partial charge in [-0.15, -0.1) is 0 Å². The van der Waals surface area contributed by atoms with E-state index in [0.29, 0.717) is 24.7 Å². The Hall–Kier alpha value is -3.24. The molecule has 2 fully saturated rings. The molecule has 0 aromatic carbocycles. The highest BCUT2D eigenvalue weighted by Crippen LogP contribution is 2.35. The number of aliphatic carboxylic acids is 2. The maximum absolute atomic E-state index is 10.6. The molecule has 1 saturated heterocycles. The summed E-state index contributed by atoms with van der Waals surface area (Å²) in [6, 6.07) is 4.50. The Bertz CT molecular complexity index is 1030. The minimum atomic E-state index is -5.08. The molecule has 2 aromatic heterocycles. The van der Waals surface area contributed by atoms with E-state index < -0.39 is 24.3 Å². The summed E-state index contributed by atoms with van der Waals surface area (Å²) in [5.41, 5.74) is 2.40. The summed E-state index contributed by atoms with van der Waals surface area (Å²) < 4.78 is 77.4. The lowest BCUT2D eigenvalue weighted by atomic mass is 10.0. The van der Waals surface area contributed by atoms with Crippen LogP contribution in [0.15, 0.2) is 36.9 Å². The van der Waals surface area contributed by atoms with Crippen LogP contribution in [0.4, 0.5) is 26.3 Å². The van der Waals surface area contributed by atoms with E-state index >= 15 is 0 Å². The molecule has 4 rings (SSSR count). The summed E-state index contributed by atoms with van der Waals surface area (Å²) in [6.07, 6.45) is 0.209. The van der Waals surface area contributed by atoms with Gasteiger partial charge in [0.1, 0.15) is 0 Å². The number of rotatable bonds is 6. The molecule has 218 valence electrons. The zero-order valence-corrected chi connectivity index (χ0v) is 20.7. The van der Waals surface area contributed by atoms with Crippen LogP contribution in [0, 0.1) is 5.92 Å². The smallest absolute Gasteiger partial charge is 0.475 e. The third kappa shape index (κ3) is 10.8. The van der Waals surface area contributed by atoms with Crippen molar-refractivity contribution in [3.63, 3.8) is 0 Å². The Morgan fingerprint density at radius 2 is 1.72 bits per heavy atom. The Labute approximate surface area is 219 Å². The predicted octanol–water partition coefficient (Wildman–Crippen LogP) is 3.28.